The number of benzene rings is 1. The molecule has 0 aliphatic carbocycles. The average molecular weight is 187 g/mol. The maximum Gasteiger partial charge on any atom is 0.181 e. The molecule has 0 atom stereocenters. The summed E-state index contributed by atoms with van der Waals surface area (Å²) in [6.07, 6.45) is 0.614. The Bertz CT molecular complexity index is 272. The number of rotatable bonds is 1. The predicted octanol–water partition coefficient (Wildman–Crippen LogP) is 3.14. The Labute approximate surface area is 77.6 Å². The van der Waals surface area contributed by atoms with Gasteiger partial charge in [-0.3, -0.25) is 0 Å². The van der Waals surface area contributed by atoms with Crippen molar-refractivity contribution in [3.63, 3.8) is 0 Å². The minimum absolute atomic E-state index is 0.0764. The van der Waals surface area contributed by atoms with E-state index in [0.717, 1.165) is 6.07 Å². The predicted molar refractivity (Wildman–Crippen MR) is 51.5 cm³/mol. The third-order valence-electron chi connectivity index (χ3n) is 1.60. The number of hydrogen-bond acceptors (Lipinski definition) is 1. The number of anilines is 1. The lowest BCUT2D eigenvalue weighted by atomic mass is 10.1. The molecule has 2 N–H and O–H groups in total. The summed E-state index contributed by atoms with van der Waals surface area (Å²) in [7, 11) is 0. The largest absolute Gasteiger partial charge is 0.396 e. The molecular weight excluding hydrogens is 172 g/mol. The number of nitrogen functional groups attached to an aromatic ring is 1. The molecule has 13 heavy (non-hydrogen) atoms. The topological polar surface area (TPSA) is 26.0 Å². The second-order valence-corrected chi connectivity index (χ2v) is 2.29. The molecule has 0 saturated carbocycles. The summed E-state index contributed by atoms with van der Waals surface area (Å²) in [6.45, 7) is 5.84. The van der Waals surface area contributed by atoms with E-state index in [1.54, 1.807) is 0 Å². The van der Waals surface area contributed by atoms with Crippen molar-refractivity contribution in [2.24, 2.45) is 0 Å². The molecule has 1 aromatic carbocycles. The van der Waals surface area contributed by atoms with Crippen molar-refractivity contribution in [3.8, 4) is 0 Å². The Hall–Kier alpha value is -1.12. The first-order valence-electron chi connectivity index (χ1n) is 4.39. The first kappa shape index (κ1) is 11.9. The van der Waals surface area contributed by atoms with Crippen LogP contribution in [0.3, 0.4) is 0 Å². The zero-order valence-corrected chi connectivity index (χ0v) is 8.20. The number of hydrogen-bond donors (Lipinski definition) is 1. The van der Waals surface area contributed by atoms with Crippen LogP contribution < -0.4 is 5.73 Å². The highest BCUT2D eigenvalue weighted by molar-refractivity contribution is 5.48. The van der Waals surface area contributed by atoms with Crippen molar-refractivity contribution < 1.29 is 8.78 Å². The Balaban J connectivity index is 0.000000671. The van der Waals surface area contributed by atoms with E-state index in [1.807, 2.05) is 20.8 Å². The summed E-state index contributed by atoms with van der Waals surface area (Å²) in [5.41, 5.74) is 5.85. The molecule has 0 aliphatic rings. The summed E-state index contributed by atoms with van der Waals surface area (Å²) >= 11 is 0. The highest BCUT2D eigenvalue weighted by atomic mass is 19.2. The number of halogens is 2. The van der Waals surface area contributed by atoms with Crippen LogP contribution in [0.4, 0.5) is 14.5 Å². The van der Waals surface area contributed by atoms with Gasteiger partial charge >= 0.3 is 0 Å². The fourth-order valence-electron chi connectivity index (χ4n) is 0.915. The molecule has 1 rings (SSSR count). The zero-order chi connectivity index (χ0) is 10.4. The second kappa shape index (κ2) is 5.51. The van der Waals surface area contributed by atoms with Gasteiger partial charge in [0.2, 0.25) is 0 Å². The Kier molecular flexibility index (Phi) is 5.04. The highest BCUT2D eigenvalue weighted by Crippen LogP contribution is 2.18. The summed E-state index contributed by atoms with van der Waals surface area (Å²) in [4.78, 5) is 0. The molecule has 0 aliphatic heterocycles. The molecule has 1 aromatic rings. The molecule has 0 saturated heterocycles. The van der Waals surface area contributed by atoms with E-state index in [4.69, 9.17) is 5.73 Å². The molecular formula is C10H15F2N. The fraction of sp³-hybridized carbons (Fsp3) is 0.400. The van der Waals surface area contributed by atoms with Gasteiger partial charge in [0, 0.05) is 0 Å². The van der Waals surface area contributed by atoms with Crippen molar-refractivity contribution in [2.45, 2.75) is 27.2 Å². The monoisotopic (exact) mass is 187 g/mol. The maximum atomic E-state index is 12.7. The van der Waals surface area contributed by atoms with E-state index >= 15 is 0 Å². The Morgan fingerprint density at radius 1 is 1.23 bits per heavy atom. The van der Waals surface area contributed by atoms with Gasteiger partial charge in [-0.25, -0.2) is 8.78 Å². The highest BCUT2D eigenvalue weighted by Gasteiger charge is 2.07. The minimum Gasteiger partial charge on any atom is -0.396 e. The summed E-state index contributed by atoms with van der Waals surface area (Å²) in [5, 5.41) is 0. The minimum atomic E-state index is -0.940. The zero-order valence-electron chi connectivity index (χ0n) is 8.20. The Morgan fingerprint density at radius 3 is 2.23 bits per heavy atom. The van der Waals surface area contributed by atoms with Crippen LogP contribution in [0.15, 0.2) is 12.1 Å². The molecule has 3 heteroatoms. The van der Waals surface area contributed by atoms with Gasteiger partial charge in [0.05, 0.1) is 5.69 Å². The van der Waals surface area contributed by atoms with E-state index < -0.39 is 11.6 Å². The van der Waals surface area contributed by atoms with Crippen molar-refractivity contribution in [3.05, 3.63) is 29.3 Å². The van der Waals surface area contributed by atoms with E-state index in [9.17, 15) is 8.78 Å². The van der Waals surface area contributed by atoms with Crippen LogP contribution in [0, 0.1) is 11.6 Å². The standard InChI is InChI=1S/C8H9F2N.C2H6/c1-2-5-3-4-6(9)7(10)8(5)11;1-2/h3-4H,2,11H2,1H3;1-2H3. The molecule has 0 aromatic heterocycles. The molecule has 0 bridgehead atoms. The smallest absolute Gasteiger partial charge is 0.181 e. The lowest BCUT2D eigenvalue weighted by Gasteiger charge is -2.03. The van der Waals surface area contributed by atoms with Crippen LogP contribution in [0.1, 0.15) is 26.3 Å². The molecule has 0 fully saturated rings. The maximum absolute atomic E-state index is 12.7. The fourth-order valence-corrected chi connectivity index (χ4v) is 0.915. The van der Waals surface area contributed by atoms with Crippen LogP contribution >= 0.6 is 0 Å². The van der Waals surface area contributed by atoms with Gasteiger partial charge in [0.15, 0.2) is 11.6 Å². The molecule has 74 valence electrons. The molecule has 1 nitrogen and oxygen atoms in total. The third-order valence-corrected chi connectivity index (χ3v) is 1.60. The Morgan fingerprint density at radius 2 is 1.77 bits per heavy atom. The quantitative estimate of drug-likeness (QED) is 0.671. The number of nitrogens with two attached hydrogens (primary N) is 1. The van der Waals surface area contributed by atoms with Crippen molar-refractivity contribution in [2.75, 3.05) is 5.73 Å². The summed E-state index contributed by atoms with van der Waals surface area (Å²) < 4.78 is 25.1. The number of aryl methyl sites for hydroxylation is 1. The van der Waals surface area contributed by atoms with Gasteiger partial charge in [-0.1, -0.05) is 26.8 Å². The van der Waals surface area contributed by atoms with Gasteiger partial charge in [-0.15, -0.1) is 0 Å². The SMILES string of the molecule is CC.CCc1ccc(F)c(F)c1N. The van der Waals surface area contributed by atoms with Crippen LogP contribution in [0.2, 0.25) is 0 Å². The molecule has 0 amide bonds. The molecule has 0 heterocycles. The van der Waals surface area contributed by atoms with Gasteiger partial charge < -0.3 is 5.73 Å². The van der Waals surface area contributed by atoms with Crippen molar-refractivity contribution in [1.29, 1.82) is 0 Å². The first-order chi connectivity index (χ1) is 6.16. The van der Waals surface area contributed by atoms with Crippen LogP contribution in [0.5, 0.6) is 0 Å². The van der Waals surface area contributed by atoms with E-state index in [1.165, 1.54) is 6.07 Å². The van der Waals surface area contributed by atoms with Gasteiger partial charge in [-0.2, -0.15) is 0 Å². The lowest BCUT2D eigenvalue weighted by molar-refractivity contribution is 0.511. The average Bonchev–Trinajstić information content (AvgIpc) is 2.18. The van der Waals surface area contributed by atoms with Crippen molar-refractivity contribution >= 4 is 5.69 Å². The van der Waals surface area contributed by atoms with E-state index in [0.29, 0.717) is 12.0 Å². The van der Waals surface area contributed by atoms with Gasteiger partial charge in [0.25, 0.3) is 0 Å². The van der Waals surface area contributed by atoms with Gasteiger partial charge in [0.1, 0.15) is 0 Å². The lowest BCUT2D eigenvalue weighted by Crippen LogP contribution is -1.99. The van der Waals surface area contributed by atoms with Gasteiger partial charge in [-0.05, 0) is 18.1 Å². The second-order valence-electron chi connectivity index (χ2n) is 2.29. The van der Waals surface area contributed by atoms with Crippen molar-refractivity contribution in [1.82, 2.24) is 0 Å². The summed E-state index contributed by atoms with van der Waals surface area (Å²) in [5.74, 6) is -1.83. The van der Waals surface area contributed by atoms with E-state index in [-0.39, 0.29) is 5.69 Å². The van der Waals surface area contributed by atoms with Crippen LogP contribution in [0.25, 0.3) is 0 Å². The first-order valence-corrected chi connectivity index (χ1v) is 4.39. The van der Waals surface area contributed by atoms with E-state index in [2.05, 4.69) is 0 Å². The molecule has 0 radical (unpaired) electrons. The van der Waals surface area contributed by atoms with Crippen LogP contribution in [-0.4, -0.2) is 0 Å². The summed E-state index contributed by atoms with van der Waals surface area (Å²) in [6, 6.07) is 2.58. The third kappa shape index (κ3) is 2.68. The molecule has 0 unspecified atom stereocenters. The molecule has 0 spiro atoms. The normalized spacial score (nSPS) is 9.00. The van der Waals surface area contributed by atoms with Crippen LogP contribution in [-0.2, 0) is 6.42 Å².